The molecule has 0 saturated carbocycles. The molecule has 0 radical (unpaired) electrons. The van der Waals surface area contributed by atoms with Gasteiger partial charge < -0.3 is 0 Å². The van der Waals surface area contributed by atoms with Gasteiger partial charge in [-0.2, -0.15) is 18.3 Å². The lowest BCUT2D eigenvalue weighted by atomic mass is 10.2. The lowest BCUT2D eigenvalue weighted by molar-refractivity contribution is -0.136. The average Bonchev–Trinajstić information content (AvgIpc) is 2.44. The number of halogens is 5. The van der Waals surface area contributed by atoms with E-state index in [1.54, 1.807) is 0 Å². The quantitative estimate of drug-likeness (QED) is 0.465. The van der Waals surface area contributed by atoms with E-state index in [1.807, 2.05) is 19.1 Å². The summed E-state index contributed by atoms with van der Waals surface area (Å²) in [6.07, 6.45) is -2.96. The molecule has 0 spiro atoms. The molecule has 2 aromatic rings. The van der Waals surface area contributed by atoms with Crippen molar-refractivity contribution in [3.8, 4) is 0 Å². The summed E-state index contributed by atoms with van der Waals surface area (Å²) in [7, 11) is 0. The molecule has 0 aliphatic rings. The van der Waals surface area contributed by atoms with Crippen molar-refractivity contribution in [1.29, 1.82) is 0 Å². The van der Waals surface area contributed by atoms with Crippen LogP contribution in [0.1, 0.15) is 16.7 Å². The van der Waals surface area contributed by atoms with E-state index in [4.69, 9.17) is 0 Å². The highest BCUT2D eigenvalue weighted by Crippen LogP contribution is 2.34. The summed E-state index contributed by atoms with van der Waals surface area (Å²) in [6, 6.07) is 8.87. The standard InChI is InChI=1S/C15H11Br2F3N2/c1-9-12(16)6-10(7-13(9)17)8-21-22-14-5-3-2-4-11(14)15(18,19)20/h2-8,22H,1H3/b21-8-. The maximum atomic E-state index is 12.8. The van der Waals surface area contributed by atoms with Crippen molar-refractivity contribution in [3.63, 3.8) is 0 Å². The normalized spacial score (nSPS) is 11.9. The predicted molar refractivity (Wildman–Crippen MR) is 89.2 cm³/mol. The molecular weight excluding hydrogens is 425 g/mol. The van der Waals surface area contributed by atoms with Gasteiger partial charge in [-0.3, -0.25) is 5.43 Å². The van der Waals surface area contributed by atoms with E-state index in [-0.39, 0.29) is 5.69 Å². The van der Waals surface area contributed by atoms with Crippen LogP contribution in [0.2, 0.25) is 0 Å². The van der Waals surface area contributed by atoms with Gasteiger partial charge in [0, 0.05) is 8.95 Å². The first-order valence-corrected chi connectivity index (χ1v) is 7.78. The third kappa shape index (κ3) is 4.10. The second-order valence-corrected chi connectivity index (χ2v) is 6.23. The highest BCUT2D eigenvalue weighted by Gasteiger charge is 2.33. The Hall–Kier alpha value is -1.34. The minimum Gasteiger partial charge on any atom is -0.278 e. The second kappa shape index (κ2) is 6.83. The Bertz CT molecular complexity index is 689. The third-order valence-electron chi connectivity index (χ3n) is 2.93. The molecule has 0 heterocycles. The third-order valence-corrected chi connectivity index (χ3v) is 4.58. The highest BCUT2D eigenvalue weighted by molar-refractivity contribution is 9.11. The van der Waals surface area contributed by atoms with Crippen LogP contribution in [0.15, 0.2) is 50.4 Å². The molecule has 0 saturated heterocycles. The number of nitrogens with one attached hydrogen (secondary N) is 1. The number of alkyl halides is 3. The van der Waals surface area contributed by atoms with E-state index in [1.165, 1.54) is 24.4 Å². The molecule has 1 N–H and O–H groups in total. The van der Waals surface area contributed by atoms with Gasteiger partial charge in [0.1, 0.15) is 0 Å². The summed E-state index contributed by atoms with van der Waals surface area (Å²) in [5.41, 5.74) is 3.39. The fourth-order valence-corrected chi connectivity index (χ4v) is 2.97. The van der Waals surface area contributed by atoms with Crippen LogP contribution in [0.25, 0.3) is 0 Å². The van der Waals surface area contributed by atoms with Gasteiger partial charge in [-0.25, -0.2) is 0 Å². The number of hydrazone groups is 1. The lowest BCUT2D eigenvalue weighted by Gasteiger charge is -2.11. The van der Waals surface area contributed by atoms with E-state index in [0.29, 0.717) is 0 Å². The molecule has 2 aromatic carbocycles. The van der Waals surface area contributed by atoms with E-state index in [2.05, 4.69) is 42.4 Å². The maximum absolute atomic E-state index is 12.8. The van der Waals surface area contributed by atoms with Gasteiger partial charge in [-0.15, -0.1) is 0 Å². The van der Waals surface area contributed by atoms with Gasteiger partial charge in [0.25, 0.3) is 0 Å². The molecule has 0 bridgehead atoms. The number of rotatable bonds is 3. The Morgan fingerprint density at radius 3 is 2.27 bits per heavy atom. The molecular formula is C15H11Br2F3N2. The number of para-hydroxylation sites is 1. The molecule has 2 rings (SSSR count). The Kier molecular flexibility index (Phi) is 5.28. The molecule has 7 heteroatoms. The fraction of sp³-hybridized carbons (Fsp3) is 0.133. The van der Waals surface area contributed by atoms with Gasteiger partial charge >= 0.3 is 6.18 Å². The minimum atomic E-state index is -4.42. The van der Waals surface area contributed by atoms with E-state index in [0.717, 1.165) is 26.1 Å². The summed E-state index contributed by atoms with van der Waals surface area (Å²) < 4.78 is 40.3. The van der Waals surface area contributed by atoms with E-state index in [9.17, 15) is 13.2 Å². The Balaban J connectivity index is 2.21. The number of hydrogen-bond acceptors (Lipinski definition) is 2. The summed E-state index contributed by atoms with van der Waals surface area (Å²) in [5, 5.41) is 3.88. The predicted octanol–water partition coefficient (Wildman–Crippen LogP) is 5.98. The topological polar surface area (TPSA) is 24.4 Å². The molecule has 0 atom stereocenters. The first-order chi connectivity index (χ1) is 10.3. The van der Waals surface area contributed by atoms with Gasteiger partial charge in [0.05, 0.1) is 17.5 Å². The highest BCUT2D eigenvalue weighted by atomic mass is 79.9. The van der Waals surface area contributed by atoms with Crippen molar-refractivity contribution in [2.45, 2.75) is 13.1 Å². The molecule has 22 heavy (non-hydrogen) atoms. The zero-order valence-electron chi connectivity index (χ0n) is 11.4. The Morgan fingerprint density at radius 2 is 1.68 bits per heavy atom. The monoisotopic (exact) mass is 434 g/mol. The van der Waals surface area contributed by atoms with Crippen molar-refractivity contribution in [3.05, 3.63) is 62.0 Å². The number of anilines is 1. The van der Waals surface area contributed by atoms with E-state index < -0.39 is 11.7 Å². The smallest absolute Gasteiger partial charge is 0.278 e. The van der Waals surface area contributed by atoms with Crippen LogP contribution in [0.3, 0.4) is 0 Å². The fourth-order valence-electron chi connectivity index (χ4n) is 1.74. The van der Waals surface area contributed by atoms with Crippen LogP contribution in [0, 0.1) is 6.92 Å². The van der Waals surface area contributed by atoms with Gasteiger partial charge in [-0.05, 0) is 42.3 Å². The van der Waals surface area contributed by atoms with E-state index >= 15 is 0 Å². The zero-order valence-corrected chi connectivity index (χ0v) is 14.6. The van der Waals surface area contributed by atoms with Crippen LogP contribution in [0.5, 0.6) is 0 Å². The molecule has 0 amide bonds. The van der Waals surface area contributed by atoms with Crippen molar-refractivity contribution < 1.29 is 13.2 Å². The molecule has 0 unspecified atom stereocenters. The minimum absolute atomic E-state index is 0.0866. The SMILES string of the molecule is Cc1c(Br)cc(/C=N\Nc2ccccc2C(F)(F)F)cc1Br. The van der Waals surface area contributed by atoms with Crippen molar-refractivity contribution >= 4 is 43.8 Å². The lowest BCUT2D eigenvalue weighted by Crippen LogP contribution is -2.08. The summed E-state index contributed by atoms with van der Waals surface area (Å²) in [5.74, 6) is 0. The largest absolute Gasteiger partial charge is 0.418 e. The number of benzene rings is 2. The van der Waals surface area contributed by atoms with Crippen LogP contribution in [-0.2, 0) is 6.18 Å². The first kappa shape index (κ1) is 17.0. The average molecular weight is 436 g/mol. The van der Waals surface area contributed by atoms with Crippen LogP contribution in [0.4, 0.5) is 18.9 Å². The second-order valence-electron chi connectivity index (χ2n) is 4.52. The summed E-state index contributed by atoms with van der Waals surface area (Å²) in [4.78, 5) is 0. The molecule has 2 nitrogen and oxygen atoms in total. The molecule has 0 aromatic heterocycles. The van der Waals surface area contributed by atoms with Crippen LogP contribution >= 0.6 is 31.9 Å². The number of hydrogen-bond donors (Lipinski definition) is 1. The maximum Gasteiger partial charge on any atom is 0.418 e. The summed E-state index contributed by atoms with van der Waals surface area (Å²) >= 11 is 6.82. The van der Waals surface area contributed by atoms with Crippen molar-refractivity contribution in [2.75, 3.05) is 5.43 Å². The molecule has 0 aliphatic carbocycles. The Labute approximate surface area is 142 Å². The summed E-state index contributed by atoms with van der Waals surface area (Å²) in [6.45, 7) is 1.94. The van der Waals surface area contributed by atoms with Crippen molar-refractivity contribution in [2.24, 2.45) is 5.10 Å². The van der Waals surface area contributed by atoms with Crippen molar-refractivity contribution in [1.82, 2.24) is 0 Å². The van der Waals surface area contributed by atoms with Gasteiger partial charge in [0.2, 0.25) is 0 Å². The number of nitrogens with zero attached hydrogens (tertiary/aromatic N) is 1. The zero-order chi connectivity index (χ0) is 16.3. The molecule has 0 aliphatic heterocycles. The van der Waals surface area contributed by atoms with Gasteiger partial charge in [0.15, 0.2) is 0 Å². The Morgan fingerprint density at radius 1 is 1.09 bits per heavy atom. The van der Waals surface area contributed by atoms with Crippen LogP contribution in [-0.4, -0.2) is 6.21 Å². The molecule has 116 valence electrons. The molecule has 0 fully saturated rings. The van der Waals surface area contributed by atoms with Crippen LogP contribution < -0.4 is 5.43 Å². The van der Waals surface area contributed by atoms with Gasteiger partial charge in [-0.1, -0.05) is 44.0 Å². The first-order valence-electron chi connectivity index (χ1n) is 6.20.